The normalized spacial score (nSPS) is 12.0. The second kappa shape index (κ2) is 13.1. The summed E-state index contributed by atoms with van der Waals surface area (Å²) in [7, 11) is -4.09. The average Bonchev–Trinajstić information content (AvgIpc) is 2.89. The Morgan fingerprint density at radius 2 is 1.66 bits per heavy atom. The number of amides is 2. The van der Waals surface area contributed by atoms with E-state index in [1.807, 2.05) is 45.0 Å². The summed E-state index contributed by atoms with van der Waals surface area (Å²) in [5.41, 5.74) is 3.12. The maximum absolute atomic E-state index is 13.9. The Kier molecular flexibility index (Phi) is 10.1. The van der Waals surface area contributed by atoms with E-state index in [4.69, 9.17) is 0 Å². The molecule has 0 heterocycles. The van der Waals surface area contributed by atoms with Crippen LogP contribution < -0.4 is 9.62 Å². The van der Waals surface area contributed by atoms with Crippen LogP contribution in [-0.4, -0.2) is 44.3 Å². The third-order valence-electron chi connectivity index (χ3n) is 6.30. The SMILES string of the molecule is CCCNC(=O)[C@H](C)N(Cc1ccccc1C)C(=O)CN(c1cccc(Br)c1)S(=O)(=O)c1ccc(C)cc1. The molecule has 0 aliphatic carbocycles. The first-order chi connectivity index (χ1) is 18.0. The van der Waals surface area contributed by atoms with Crippen LogP contribution in [0.1, 0.15) is 37.0 Å². The highest BCUT2D eigenvalue weighted by molar-refractivity contribution is 9.10. The lowest BCUT2D eigenvalue weighted by atomic mass is 10.1. The number of benzene rings is 3. The van der Waals surface area contributed by atoms with Crippen LogP contribution in [0.5, 0.6) is 0 Å². The first-order valence-electron chi connectivity index (χ1n) is 12.5. The van der Waals surface area contributed by atoms with Crippen molar-refractivity contribution >= 4 is 43.5 Å². The van der Waals surface area contributed by atoms with E-state index < -0.39 is 28.5 Å². The number of hydrogen-bond donors (Lipinski definition) is 1. The summed E-state index contributed by atoms with van der Waals surface area (Å²) in [6, 6.07) is 20.1. The summed E-state index contributed by atoms with van der Waals surface area (Å²) in [5.74, 6) is -0.771. The largest absolute Gasteiger partial charge is 0.354 e. The maximum atomic E-state index is 13.9. The van der Waals surface area contributed by atoms with E-state index >= 15 is 0 Å². The second-order valence-corrected chi connectivity index (χ2v) is 12.0. The highest BCUT2D eigenvalue weighted by Gasteiger charge is 2.32. The van der Waals surface area contributed by atoms with Crippen molar-refractivity contribution in [2.75, 3.05) is 17.4 Å². The van der Waals surface area contributed by atoms with Crippen LogP contribution in [-0.2, 0) is 26.2 Å². The fourth-order valence-corrected chi connectivity index (χ4v) is 5.74. The lowest BCUT2D eigenvalue weighted by Gasteiger charge is -2.32. The number of sulfonamides is 1. The van der Waals surface area contributed by atoms with E-state index in [0.717, 1.165) is 27.4 Å². The number of hydrogen-bond acceptors (Lipinski definition) is 4. The van der Waals surface area contributed by atoms with E-state index in [1.54, 1.807) is 43.3 Å². The first kappa shape index (κ1) is 29.4. The van der Waals surface area contributed by atoms with Gasteiger partial charge < -0.3 is 10.2 Å². The second-order valence-electron chi connectivity index (χ2n) is 9.22. The summed E-state index contributed by atoms with van der Waals surface area (Å²) in [6.45, 7) is 7.62. The molecular formula is C29H34BrN3O4S. The molecule has 9 heteroatoms. The van der Waals surface area contributed by atoms with Crippen molar-refractivity contribution in [3.63, 3.8) is 0 Å². The Bertz CT molecular complexity index is 1380. The van der Waals surface area contributed by atoms with E-state index in [1.165, 1.54) is 17.0 Å². The van der Waals surface area contributed by atoms with Gasteiger partial charge in [0, 0.05) is 17.6 Å². The van der Waals surface area contributed by atoms with Gasteiger partial charge in [-0.25, -0.2) is 8.42 Å². The molecule has 0 radical (unpaired) electrons. The predicted molar refractivity (Wildman–Crippen MR) is 154 cm³/mol. The smallest absolute Gasteiger partial charge is 0.264 e. The van der Waals surface area contributed by atoms with E-state index in [-0.39, 0.29) is 17.3 Å². The molecule has 1 atom stereocenters. The van der Waals surface area contributed by atoms with Crippen LogP contribution in [0.25, 0.3) is 0 Å². The molecule has 0 spiro atoms. The predicted octanol–water partition coefficient (Wildman–Crippen LogP) is 5.20. The number of anilines is 1. The van der Waals surface area contributed by atoms with Crippen LogP contribution >= 0.6 is 15.9 Å². The molecular weight excluding hydrogens is 566 g/mol. The molecule has 0 saturated heterocycles. The van der Waals surface area contributed by atoms with Crippen LogP contribution in [0.3, 0.4) is 0 Å². The zero-order valence-corrected chi connectivity index (χ0v) is 24.6. The number of carbonyl (C=O) groups is 2. The summed E-state index contributed by atoms with van der Waals surface area (Å²) >= 11 is 3.41. The molecule has 3 aromatic carbocycles. The molecule has 0 fully saturated rings. The number of carbonyl (C=O) groups excluding carboxylic acids is 2. The number of nitrogens with zero attached hydrogens (tertiary/aromatic N) is 2. The van der Waals surface area contributed by atoms with Crippen molar-refractivity contribution in [2.45, 2.75) is 51.6 Å². The molecule has 0 unspecified atom stereocenters. The van der Waals surface area contributed by atoms with Crippen molar-refractivity contribution in [2.24, 2.45) is 0 Å². The summed E-state index contributed by atoms with van der Waals surface area (Å²) in [4.78, 5) is 28.4. The van der Waals surface area contributed by atoms with E-state index in [9.17, 15) is 18.0 Å². The molecule has 7 nitrogen and oxygen atoms in total. The van der Waals surface area contributed by atoms with Crippen LogP contribution in [0.2, 0.25) is 0 Å². The number of nitrogens with one attached hydrogen (secondary N) is 1. The Balaban J connectivity index is 2.03. The van der Waals surface area contributed by atoms with Gasteiger partial charge in [-0.15, -0.1) is 0 Å². The highest BCUT2D eigenvalue weighted by Crippen LogP contribution is 2.27. The summed E-state index contributed by atoms with van der Waals surface area (Å²) in [5, 5.41) is 2.85. The fourth-order valence-electron chi connectivity index (χ4n) is 3.95. The third-order valence-corrected chi connectivity index (χ3v) is 8.58. The Hall–Kier alpha value is -3.17. The molecule has 3 aromatic rings. The molecule has 2 amide bonds. The fraction of sp³-hybridized carbons (Fsp3) is 0.310. The van der Waals surface area contributed by atoms with Gasteiger partial charge in [-0.2, -0.15) is 0 Å². The Labute approximate surface area is 234 Å². The molecule has 38 heavy (non-hydrogen) atoms. The number of halogens is 1. The number of aryl methyl sites for hydroxylation is 2. The van der Waals surface area contributed by atoms with Gasteiger partial charge in [0.15, 0.2) is 0 Å². The third kappa shape index (κ3) is 7.23. The van der Waals surface area contributed by atoms with Gasteiger partial charge in [-0.3, -0.25) is 13.9 Å². The van der Waals surface area contributed by atoms with Gasteiger partial charge in [0.05, 0.1) is 10.6 Å². The first-order valence-corrected chi connectivity index (χ1v) is 14.7. The minimum atomic E-state index is -4.09. The monoisotopic (exact) mass is 599 g/mol. The maximum Gasteiger partial charge on any atom is 0.264 e. The molecule has 0 aliphatic heterocycles. The Morgan fingerprint density at radius 1 is 0.974 bits per heavy atom. The minimum Gasteiger partial charge on any atom is -0.354 e. The van der Waals surface area contributed by atoms with Crippen molar-refractivity contribution in [3.05, 3.63) is 94.0 Å². The van der Waals surface area contributed by atoms with Gasteiger partial charge >= 0.3 is 0 Å². The van der Waals surface area contributed by atoms with E-state index in [0.29, 0.717) is 16.7 Å². The highest BCUT2D eigenvalue weighted by atomic mass is 79.9. The van der Waals surface area contributed by atoms with Gasteiger partial charge in [-0.05, 0) is 68.7 Å². The molecule has 0 saturated carbocycles. The van der Waals surface area contributed by atoms with Gasteiger partial charge in [0.25, 0.3) is 10.0 Å². The average molecular weight is 601 g/mol. The van der Waals surface area contributed by atoms with Gasteiger partial charge in [0.1, 0.15) is 12.6 Å². The van der Waals surface area contributed by atoms with Crippen LogP contribution in [0, 0.1) is 13.8 Å². The lowest BCUT2D eigenvalue weighted by molar-refractivity contribution is -0.139. The van der Waals surface area contributed by atoms with Crippen molar-refractivity contribution < 1.29 is 18.0 Å². The van der Waals surface area contributed by atoms with Crippen LogP contribution in [0.4, 0.5) is 5.69 Å². The lowest BCUT2D eigenvalue weighted by Crippen LogP contribution is -2.51. The molecule has 1 N–H and O–H groups in total. The Morgan fingerprint density at radius 3 is 2.29 bits per heavy atom. The zero-order chi connectivity index (χ0) is 27.9. The van der Waals surface area contributed by atoms with E-state index in [2.05, 4.69) is 21.2 Å². The quantitative estimate of drug-likeness (QED) is 0.328. The summed E-state index contributed by atoms with van der Waals surface area (Å²) < 4.78 is 29.4. The molecule has 0 aliphatic rings. The van der Waals surface area contributed by atoms with Crippen LogP contribution in [0.15, 0.2) is 82.2 Å². The minimum absolute atomic E-state index is 0.0788. The molecule has 202 valence electrons. The molecule has 3 rings (SSSR count). The molecule has 0 aromatic heterocycles. The standard InChI is InChI=1S/C29H34BrN3O4S/c1-5-17-31-29(35)23(4)32(19-24-10-7-6-9-22(24)3)28(34)20-33(26-12-8-11-25(30)18-26)38(36,37)27-15-13-21(2)14-16-27/h6-16,18,23H,5,17,19-20H2,1-4H3,(H,31,35)/t23-/m0/s1. The zero-order valence-electron chi connectivity index (χ0n) is 22.1. The summed E-state index contributed by atoms with van der Waals surface area (Å²) in [6.07, 6.45) is 0.760. The van der Waals surface area contributed by atoms with Crippen molar-refractivity contribution in [3.8, 4) is 0 Å². The van der Waals surface area contributed by atoms with Crippen molar-refractivity contribution in [1.29, 1.82) is 0 Å². The molecule has 0 bridgehead atoms. The topological polar surface area (TPSA) is 86.8 Å². The number of rotatable bonds is 11. The van der Waals surface area contributed by atoms with Gasteiger partial charge in [-0.1, -0.05) is 70.9 Å². The van der Waals surface area contributed by atoms with Gasteiger partial charge in [0.2, 0.25) is 11.8 Å². The van der Waals surface area contributed by atoms with Crippen molar-refractivity contribution in [1.82, 2.24) is 10.2 Å².